The molecule has 4 rings (SSSR count). The Bertz CT molecular complexity index is 800. The topological polar surface area (TPSA) is 65.2 Å². The van der Waals surface area contributed by atoms with Crippen molar-refractivity contribution in [3.63, 3.8) is 0 Å². The predicted molar refractivity (Wildman–Crippen MR) is 102 cm³/mol. The highest BCUT2D eigenvalue weighted by Crippen LogP contribution is 2.29. The Morgan fingerprint density at radius 2 is 1.92 bits per heavy atom. The van der Waals surface area contributed by atoms with Crippen LogP contribution in [0.25, 0.3) is 10.9 Å². The van der Waals surface area contributed by atoms with Crippen LogP contribution in [0.3, 0.4) is 0 Å². The molecular formula is C21H27N3O2. The van der Waals surface area contributed by atoms with E-state index in [9.17, 15) is 9.59 Å². The van der Waals surface area contributed by atoms with Crippen LogP contribution in [0.15, 0.2) is 30.5 Å². The summed E-state index contributed by atoms with van der Waals surface area (Å²) in [6.45, 7) is 3.83. The van der Waals surface area contributed by atoms with Gasteiger partial charge in [0.15, 0.2) is 0 Å². The fourth-order valence-electron chi connectivity index (χ4n) is 3.80. The minimum absolute atomic E-state index is 0.0357. The van der Waals surface area contributed by atoms with Crippen LogP contribution in [0.2, 0.25) is 0 Å². The molecule has 1 aliphatic heterocycles. The van der Waals surface area contributed by atoms with Gasteiger partial charge < -0.3 is 15.2 Å². The first kappa shape index (κ1) is 17.1. The number of carbonyl (C=O) groups is 2. The minimum atomic E-state index is -0.476. The second kappa shape index (κ2) is 7.14. The zero-order chi connectivity index (χ0) is 18.1. The summed E-state index contributed by atoms with van der Waals surface area (Å²) in [5.41, 5.74) is 2.15. The van der Waals surface area contributed by atoms with Crippen molar-refractivity contribution in [2.24, 2.45) is 11.8 Å². The first-order valence-electron chi connectivity index (χ1n) is 9.76. The van der Waals surface area contributed by atoms with Crippen LogP contribution in [0.4, 0.5) is 0 Å². The van der Waals surface area contributed by atoms with Gasteiger partial charge in [0.05, 0.1) is 0 Å². The number of nitrogens with zero attached hydrogens (tertiary/aromatic N) is 1. The van der Waals surface area contributed by atoms with E-state index in [0.717, 1.165) is 55.2 Å². The summed E-state index contributed by atoms with van der Waals surface area (Å²) in [5.74, 6) is 0.881. The van der Waals surface area contributed by atoms with Gasteiger partial charge in [0, 0.05) is 42.5 Å². The van der Waals surface area contributed by atoms with E-state index in [0.29, 0.717) is 12.3 Å². The van der Waals surface area contributed by atoms with Crippen LogP contribution in [0, 0.1) is 11.8 Å². The summed E-state index contributed by atoms with van der Waals surface area (Å²) in [7, 11) is 0. The molecule has 1 saturated carbocycles. The SMILES string of the molecule is CC1CCN(C(=O)[C@H](Cc2c[nH]c3ccccc23)NC(=O)C2CC2)CC1. The van der Waals surface area contributed by atoms with E-state index in [2.05, 4.69) is 23.3 Å². The number of carbonyl (C=O) groups excluding carboxylic acids is 2. The normalized spacial score (nSPS) is 19.5. The van der Waals surface area contributed by atoms with Crippen molar-refractivity contribution in [2.45, 2.75) is 45.1 Å². The van der Waals surface area contributed by atoms with Gasteiger partial charge >= 0.3 is 0 Å². The number of hydrogen-bond donors (Lipinski definition) is 2. The van der Waals surface area contributed by atoms with Crippen LogP contribution in [-0.2, 0) is 16.0 Å². The summed E-state index contributed by atoms with van der Waals surface area (Å²) in [6.07, 6.45) is 6.48. The fraction of sp³-hybridized carbons (Fsp3) is 0.524. The maximum Gasteiger partial charge on any atom is 0.245 e. The number of piperidine rings is 1. The number of nitrogens with one attached hydrogen (secondary N) is 2. The molecule has 1 saturated heterocycles. The number of H-pyrrole nitrogens is 1. The van der Waals surface area contributed by atoms with Gasteiger partial charge in [-0.3, -0.25) is 9.59 Å². The summed E-state index contributed by atoms with van der Waals surface area (Å²) >= 11 is 0. The second-order valence-electron chi connectivity index (χ2n) is 7.91. The number of para-hydroxylation sites is 1. The largest absolute Gasteiger partial charge is 0.361 e. The Balaban J connectivity index is 1.53. The maximum atomic E-state index is 13.1. The zero-order valence-corrected chi connectivity index (χ0v) is 15.3. The molecule has 5 nitrogen and oxygen atoms in total. The molecule has 0 bridgehead atoms. The lowest BCUT2D eigenvalue weighted by Crippen LogP contribution is -2.51. The average Bonchev–Trinajstić information content (AvgIpc) is 3.43. The number of aromatic amines is 1. The van der Waals surface area contributed by atoms with Crippen molar-refractivity contribution in [3.05, 3.63) is 36.0 Å². The van der Waals surface area contributed by atoms with Gasteiger partial charge in [0.2, 0.25) is 11.8 Å². The van der Waals surface area contributed by atoms with Crippen molar-refractivity contribution in [2.75, 3.05) is 13.1 Å². The standard InChI is InChI=1S/C21H27N3O2/c1-14-8-10-24(11-9-14)21(26)19(23-20(25)15-6-7-15)12-16-13-22-18-5-3-2-4-17(16)18/h2-5,13-15,19,22H,6-12H2,1H3,(H,23,25)/t19-/m0/s1. The van der Waals surface area contributed by atoms with Gasteiger partial charge in [-0.25, -0.2) is 0 Å². The number of benzene rings is 1. The number of rotatable bonds is 5. The summed E-state index contributed by atoms with van der Waals surface area (Å²) in [5, 5.41) is 4.17. The van der Waals surface area contributed by atoms with Gasteiger partial charge in [-0.2, -0.15) is 0 Å². The summed E-state index contributed by atoms with van der Waals surface area (Å²) < 4.78 is 0. The quantitative estimate of drug-likeness (QED) is 0.868. The molecule has 1 aromatic carbocycles. The molecular weight excluding hydrogens is 326 g/mol. The molecule has 1 aromatic heterocycles. The van der Waals surface area contributed by atoms with Crippen LogP contribution in [0.1, 0.15) is 38.2 Å². The van der Waals surface area contributed by atoms with E-state index in [1.165, 1.54) is 0 Å². The van der Waals surface area contributed by atoms with Crippen LogP contribution >= 0.6 is 0 Å². The van der Waals surface area contributed by atoms with E-state index in [1.807, 2.05) is 29.3 Å². The molecule has 2 heterocycles. The van der Waals surface area contributed by atoms with Gasteiger partial charge in [-0.05, 0) is 43.2 Å². The Kier molecular flexibility index (Phi) is 4.70. The third-order valence-corrected chi connectivity index (χ3v) is 5.76. The molecule has 2 amide bonds. The van der Waals surface area contributed by atoms with Crippen LogP contribution in [-0.4, -0.2) is 40.8 Å². The van der Waals surface area contributed by atoms with E-state index in [1.54, 1.807) is 0 Å². The number of likely N-dealkylation sites (tertiary alicyclic amines) is 1. The molecule has 0 radical (unpaired) electrons. The lowest BCUT2D eigenvalue weighted by Gasteiger charge is -2.33. The average molecular weight is 353 g/mol. The molecule has 2 fully saturated rings. The zero-order valence-electron chi connectivity index (χ0n) is 15.3. The number of amides is 2. The van der Waals surface area contributed by atoms with E-state index in [4.69, 9.17) is 0 Å². The molecule has 5 heteroatoms. The lowest BCUT2D eigenvalue weighted by molar-refractivity contribution is -0.137. The molecule has 26 heavy (non-hydrogen) atoms. The van der Waals surface area contributed by atoms with Gasteiger partial charge in [-0.15, -0.1) is 0 Å². The first-order chi connectivity index (χ1) is 12.6. The number of aromatic nitrogens is 1. The van der Waals surface area contributed by atoms with Crippen LogP contribution < -0.4 is 5.32 Å². The first-order valence-corrected chi connectivity index (χ1v) is 9.76. The summed E-state index contributed by atoms with van der Waals surface area (Å²) in [4.78, 5) is 30.7. The maximum absolute atomic E-state index is 13.1. The van der Waals surface area contributed by atoms with Crippen molar-refractivity contribution >= 4 is 22.7 Å². The Hall–Kier alpha value is -2.30. The van der Waals surface area contributed by atoms with Crippen molar-refractivity contribution < 1.29 is 9.59 Å². The van der Waals surface area contributed by atoms with Crippen LogP contribution in [0.5, 0.6) is 0 Å². The second-order valence-corrected chi connectivity index (χ2v) is 7.91. The third kappa shape index (κ3) is 3.62. The van der Waals surface area contributed by atoms with Gasteiger partial charge in [-0.1, -0.05) is 25.1 Å². The molecule has 1 atom stereocenters. The Morgan fingerprint density at radius 1 is 1.19 bits per heavy atom. The fourth-order valence-corrected chi connectivity index (χ4v) is 3.80. The molecule has 0 spiro atoms. The third-order valence-electron chi connectivity index (χ3n) is 5.76. The predicted octanol–water partition coefficient (Wildman–Crippen LogP) is 2.86. The Labute approximate surface area is 154 Å². The number of hydrogen-bond acceptors (Lipinski definition) is 2. The highest BCUT2D eigenvalue weighted by molar-refractivity contribution is 5.91. The molecule has 2 aliphatic rings. The van der Waals surface area contributed by atoms with E-state index < -0.39 is 6.04 Å². The molecule has 2 N–H and O–H groups in total. The number of fused-ring (bicyclic) bond motifs is 1. The smallest absolute Gasteiger partial charge is 0.245 e. The monoisotopic (exact) mass is 353 g/mol. The molecule has 138 valence electrons. The lowest BCUT2D eigenvalue weighted by atomic mass is 9.97. The Morgan fingerprint density at radius 3 is 2.65 bits per heavy atom. The molecule has 1 aliphatic carbocycles. The highest BCUT2D eigenvalue weighted by Gasteiger charge is 2.34. The van der Waals surface area contributed by atoms with Crippen molar-refractivity contribution in [3.8, 4) is 0 Å². The minimum Gasteiger partial charge on any atom is -0.361 e. The van der Waals surface area contributed by atoms with Crippen molar-refractivity contribution in [1.29, 1.82) is 0 Å². The van der Waals surface area contributed by atoms with E-state index >= 15 is 0 Å². The summed E-state index contributed by atoms with van der Waals surface area (Å²) in [6, 6.07) is 7.62. The van der Waals surface area contributed by atoms with Gasteiger partial charge in [0.1, 0.15) is 6.04 Å². The van der Waals surface area contributed by atoms with E-state index in [-0.39, 0.29) is 17.7 Å². The molecule has 2 aromatic rings. The van der Waals surface area contributed by atoms with Crippen molar-refractivity contribution in [1.82, 2.24) is 15.2 Å². The van der Waals surface area contributed by atoms with Gasteiger partial charge in [0.25, 0.3) is 0 Å². The molecule has 0 unspecified atom stereocenters. The highest BCUT2D eigenvalue weighted by atomic mass is 16.2.